The van der Waals surface area contributed by atoms with Crippen LogP contribution in [0.3, 0.4) is 0 Å². The average molecular weight is 292 g/mol. The standard InChI is InChI=1S/C15H17FN2O3/c1-4-10-7-11(16)5-6-12(10)13-8-14(17-18(13)2)21-9-15(19)20-3/h5-8H,4,9H2,1-3H3. The van der Waals surface area contributed by atoms with E-state index in [4.69, 9.17) is 4.74 Å². The lowest BCUT2D eigenvalue weighted by molar-refractivity contribution is -0.143. The molecule has 1 heterocycles. The second-order valence-corrected chi connectivity index (χ2v) is 4.51. The first-order valence-corrected chi connectivity index (χ1v) is 6.57. The van der Waals surface area contributed by atoms with Crippen LogP contribution in [-0.2, 0) is 23.0 Å². The van der Waals surface area contributed by atoms with Crippen LogP contribution in [0.4, 0.5) is 4.39 Å². The van der Waals surface area contributed by atoms with Crippen LogP contribution >= 0.6 is 0 Å². The molecule has 0 aliphatic heterocycles. The molecule has 0 radical (unpaired) electrons. The zero-order valence-electron chi connectivity index (χ0n) is 12.2. The summed E-state index contributed by atoms with van der Waals surface area (Å²) in [6, 6.07) is 6.36. The molecule has 0 fully saturated rings. The van der Waals surface area contributed by atoms with Crippen molar-refractivity contribution in [1.29, 1.82) is 0 Å². The van der Waals surface area contributed by atoms with Gasteiger partial charge in [0.2, 0.25) is 5.88 Å². The molecular formula is C15H17FN2O3. The monoisotopic (exact) mass is 292 g/mol. The second-order valence-electron chi connectivity index (χ2n) is 4.51. The molecule has 0 saturated heterocycles. The summed E-state index contributed by atoms with van der Waals surface area (Å²) in [6.45, 7) is 1.76. The number of benzene rings is 1. The highest BCUT2D eigenvalue weighted by Gasteiger charge is 2.13. The van der Waals surface area contributed by atoms with Gasteiger partial charge < -0.3 is 9.47 Å². The molecule has 1 aromatic heterocycles. The molecule has 6 heteroatoms. The highest BCUT2D eigenvalue weighted by atomic mass is 19.1. The number of hydrogen-bond donors (Lipinski definition) is 0. The lowest BCUT2D eigenvalue weighted by Gasteiger charge is -2.07. The molecule has 0 saturated carbocycles. The minimum Gasteiger partial charge on any atom is -0.466 e. The first-order chi connectivity index (χ1) is 10.0. The molecule has 0 unspecified atom stereocenters. The Hall–Kier alpha value is -2.37. The topological polar surface area (TPSA) is 53.4 Å². The van der Waals surface area contributed by atoms with E-state index in [0.717, 1.165) is 16.8 Å². The number of ether oxygens (including phenoxy) is 2. The maximum absolute atomic E-state index is 13.3. The quantitative estimate of drug-likeness (QED) is 0.794. The van der Waals surface area contributed by atoms with E-state index in [-0.39, 0.29) is 12.4 Å². The number of aryl methyl sites for hydroxylation is 2. The van der Waals surface area contributed by atoms with Crippen molar-refractivity contribution in [3.05, 3.63) is 35.6 Å². The van der Waals surface area contributed by atoms with E-state index in [2.05, 4.69) is 9.84 Å². The lowest BCUT2D eigenvalue weighted by atomic mass is 10.0. The predicted octanol–water partition coefficient (Wildman–Crippen LogP) is 2.34. The third-order valence-corrected chi connectivity index (χ3v) is 3.15. The highest BCUT2D eigenvalue weighted by molar-refractivity contribution is 5.71. The molecule has 112 valence electrons. The fourth-order valence-corrected chi connectivity index (χ4v) is 2.06. The van der Waals surface area contributed by atoms with Gasteiger partial charge in [-0.3, -0.25) is 4.68 Å². The van der Waals surface area contributed by atoms with Gasteiger partial charge in [0.25, 0.3) is 0 Å². The van der Waals surface area contributed by atoms with E-state index in [0.29, 0.717) is 12.3 Å². The maximum atomic E-state index is 13.3. The Labute approximate surface area is 122 Å². The number of aromatic nitrogens is 2. The van der Waals surface area contributed by atoms with Gasteiger partial charge in [0.15, 0.2) is 6.61 Å². The Bertz CT molecular complexity index is 652. The number of carbonyl (C=O) groups excluding carboxylic acids is 1. The number of nitrogens with zero attached hydrogens (tertiary/aromatic N) is 2. The lowest BCUT2D eigenvalue weighted by Crippen LogP contribution is -2.12. The molecule has 2 rings (SSSR count). The van der Waals surface area contributed by atoms with Crippen LogP contribution in [-0.4, -0.2) is 29.5 Å². The van der Waals surface area contributed by atoms with E-state index < -0.39 is 5.97 Å². The molecule has 0 bridgehead atoms. The van der Waals surface area contributed by atoms with E-state index in [9.17, 15) is 9.18 Å². The Morgan fingerprint density at radius 1 is 1.38 bits per heavy atom. The number of rotatable bonds is 5. The van der Waals surface area contributed by atoms with Gasteiger partial charge in [0, 0.05) is 18.7 Å². The van der Waals surface area contributed by atoms with Crippen molar-refractivity contribution in [2.24, 2.45) is 7.05 Å². The molecule has 0 amide bonds. The van der Waals surface area contributed by atoms with Crippen LogP contribution in [0.15, 0.2) is 24.3 Å². The van der Waals surface area contributed by atoms with Crippen LogP contribution in [0.1, 0.15) is 12.5 Å². The summed E-state index contributed by atoms with van der Waals surface area (Å²) in [5.41, 5.74) is 2.58. The maximum Gasteiger partial charge on any atom is 0.343 e. The fraction of sp³-hybridized carbons (Fsp3) is 0.333. The van der Waals surface area contributed by atoms with E-state index in [1.165, 1.54) is 19.2 Å². The Balaban J connectivity index is 2.29. The summed E-state index contributed by atoms with van der Waals surface area (Å²) in [5.74, 6) is -0.414. The van der Waals surface area contributed by atoms with Crippen molar-refractivity contribution >= 4 is 5.97 Å². The summed E-state index contributed by atoms with van der Waals surface area (Å²) in [6.07, 6.45) is 0.705. The van der Waals surface area contributed by atoms with Crippen molar-refractivity contribution in [1.82, 2.24) is 9.78 Å². The fourth-order valence-electron chi connectivity index (χ4n) is 2.06. The molecular weight excluding hydrogens is 275 g/mol. The summed E-state index contributed by atoms with van der Waals surface area (Å²) in [7, 11) is 3.06. The molecule has 0 spiro atoms. The Morgan fingerprint density at radius 2 is 2.14 bits per heavy atom. The SMILES string of the molecule is CCc1cc(F)ccc1-c1cc(OCC(=O)OC)nn1C. The molecule has 2 aromatic rings. The number of halogens is 1. The van der Waals surface area contributed by atoms with Gasteiger partial charge >= 0.3 is 5.97 Å². The summed E-state index contributed by atoms with van der Waals surface area (Å²) in [5, 5.41) is 4.18. The van der Waals surface area contributed by atoms with Crippen LogP contribution < -0.4 is 4.74 Å². The molecule has 5 nitrogen and oxygen atoms in total. The number of esters is 1. The van der Waals surface area contributed by atoms with Crippen LogP contribution in [0.25, 0.3) is 11.3 Å². The summed E-state index contributed by atoms with van der Waals surface area (Å²) >= 11 is 0. The molecule has 1 aromatic carbocycles. The summed E-state index contributed by atoms with van der Waals surface area (Å²) < 4.78 is 24.7. The van der Waals surface area contributed by atoms with E-state index in [1.807, 2.05) is 6.92 Å². The third-order valence-electron chi connectivity index (χ3n) is 3.15. The molecule has 21 heavy (non-hydrogen) atoms. The third kappa shape index (κ3) is 3.39. The normalized spacial score (nSPS) is 10.5. The molecule has 0 aliphatic carbocycles. The van der Waals surface area contributed by atoms with E-state index >= 15 is 0 Å². The number of methoxy groups -OCH3 is 1. The Morgan fingerprint density at radius 3 is 2.81 bits per heavy atom. The number of carbonyl (C=O) groups is 1. The van der Waals surface area contributed by atoms with Gasteiger partial charge in [-0.15, -0.1) is 5.10 Å². The predicted molar refractivity (Wildman–Crippen MR) is 75.5 cm³/mol. The van der Waals surface area contributed by atoms with Crippen LogP contribution in [0.2, 0.25) is 0 Å². The number of hydrogen-bond acceptors (Lipinski definition) is 4. The van der Waals surface area contributed by atoms with Crippen molar-refractivity contribution in [3.63, 3.8) is 0 Å². The van der Waals surface area contributed by atoms with Crippen LogP contribution in [0.5, 0.6) is 5.88 Å². The Kier molecular flexibility index (Phi) is 4.57. The summed E-state index contributed by atoms with van der Waals surface area (Å²) in [4.78, 5) is 11.1. The second kappa shape index (κ2) is 6.39. The largest absolute Gasteiger partial charge is 0.466 e. The van der Waals surface area contributed by atoms with Gasteiger partial charge in [-0.1, -0.05) is 6.92 Å². The van der Waals surface area contributed by atoms with Gasteiger partial charge in [-0.2, -0.15) is 0 Å². The van der Waals surface area contributed by atoms with E-state index in [1.54, 1.807) is 23.9 Å². The average Bonchev–Trinajstić information content (AvgIpc) is 2.85. The van der Waals surface area contributed by atoms with Crippen LogP contribution in [0, 0.1) is 5.82 Å². The smallest absolute Gasteiger partial charge is 0.343 e. The van der Waals surface area contributed by atoms with Gasteiger partial charge in [-0.05, 0) is 30.2 Å². The first kappa shape index (κ1) is 15.0. The minimum atomic E-state index is -0.474. The van der Waals surface area contributed by atoms with Crippen molar-refractivity contribution in [3.8, 4) is 17.1 Å². The van der Waals surface area contributed by atoms with Gasteiger partial charge in [-0.25, -0.2) is 9.18 Å². The zero-order valence-corrected chi connectivity index (χ0v) is 12.2. The molecule has 0 aliphatic rings. The molecule has 0 atom stereocenters. The van der Waals surface area contributed by atoms with Crippen molar-refractivity contribution in [2.45, 2.75) is 13.3 Å². The first-order valence-electron chi connectivity index (χ1n) is 6.57. The minimum absolute atomic E-state index is 0.197. The van der Waals surface area contributed by atoms with Gasteiger partial charge in [0.1, 0.15) is 5.82 Å². The van der Waals surface area contributed by atoms with Crippen molar-refractivity contribution in [2.75, 3.05) is 13.7 Å². The zero-order chi connectivity index (χ0) is 15.4. The van der Waals surface area contributed by atoms with Crippen molar-refractivity contribution < 1.29 is 18.7 Å². The highest BCUT2D eigenvalue weighted by Crippen LogP contribution is 2.27. The van der Waals surface area contributed by atoms with Gasteiger partial charge in [0.05, 0.1) is 12.8 Å². The molecule has 0 N–H and O–H groups in total.